The zero-order valence-corrected chi connectivity index (χ0v) is 40.3. The maximum Gasteiger partial charge on any atom is 0.341 e. The number of nitrogens with one attached hydrogen (secondary N) is 1. The van der Waals surface area contributed by atoms with Gasteiger partial charge in [0.15, 0.2) is 29.5 Å². The van der Waals surface area contributed by atoms with Crippen LogP contribution in [0.5, 0.6) is 0 Å². The predicted molar refractivity (Wildman–Crippen MR) is 246 cm³/mol. The van der Waals surface area contributed by atoms with Crippen LogP contribution in [-0.4, -0.2) is 99.8 Å². The SMILES string of the molecule is C/C=C(/C)C(=O)O[C@H]1C(C)=C2[C@H]([C@@H]1OC(=O)CCCCCCC)[C@@](C)(OC(C)=O)C[C@H](OC(=O)CCCCCCCCCCCNC(=O)[C@@H](N)Cc1ccccc1)[C@@]1(O)[C@H]2OC(=O)[C@@]1(C)O. The highest BCUT2D eigenvalue weighted by Gasteiger charge is 2.76. The maximum absolute atomic E-state index is 13.6. The fourth-order valence-corrected chi connectivity index (χ4v) is 9.63. The van der Waals surface area contributed by atoms with Gasteiger partial charge in [-0.3, -0.25) is 19.2 Å². The third-order valence-corrected chi connectivity index (χ3v) is 13.6. The van der Waals surface area contributed by atoms with Crippen molar-refractivity contribution in [3.8, 4) is 0 Å². The fourth-order valence-electron chi connectivity index (χ4n) is 9.63. The molecule has 2 aliphatic carbocycles. The minimum Gasteiger partial charge on any atom is -0.459 e. The van der Waals surface area contributed by atoms with Gasteiger partial charge in [0.1, 0.15) is 11.7 Å². The van der Waals surface area contributed by atoms with Gasteiger partial charge in [-0.05, 0) is 77.0 Å². The first-order valence-corrected chi connectivity index (χ1v) is 24.2. The third-order valence-electron chi connectivity index (χ3n) is 13.6. The molecule has 1 saturated carbocycles. The molecule has 5 N–H and O–H groups in total. The van der Waals surface area contributed by atoms with Crippen LogP contribution in [0.15, 0.2) is 53.1 Å². The molecule has 0 spiro atoms. The molecule has 1 heterocycles. The Bertz CT molecular complexity index is 1900. The smallest absolute Gasteiger partial charge is 0.341 e. The lowest BCUT2D eigenvalue weighted by Crippen LogP contribution is -2.64. The number of carbonyl (C=O) groups excluding carboxylic acids is 6. The summed E-state index contributed by atoms with van der Waals surface area (Å²) >= 11 is 0. The average Bonchev–Trinajstić information content (AvgIpc) is 3.60. The van der Waals surface area contributed by atoms with Crippen LogP contribution >= 0.6 is 0 Å². The van der Waals surface area contributed by atoms with Crippen molar-refractivity contribution >= 4 is 35.8 Å². The lowest BCUT2D eigenvalue weighted by atomic mass is 9.75. The van der Waals surface area contributed by atoms with Gasteiger partial charge in [-0.25, -0.2) is 9.59 Å². The normalized spacial score (nSPS) is 27.5. The maximum atomic E-state index is 13.6. The molecule has 4 rings (SSSR count). The lowest BCUT2D eigenvalue weighted by molar-refractivity contribution is -0.212. The lowest BCUT2D eigenvalue weighted by Gasteiger charge is -2.41. The van der Waals surface area contributed by atoms with E-state index in [-0.39, 0.29) is 35.5 Å². The summed E-state index contributed by atoms with van der Waals surface area (Å²) in [5, 5.41) is 27.5. The van der Waals surface area contributed by atoms with E-state index in [1.807, 2.05) is 30.3 Å². The molecule has 3 aliphatic rings. The van der Waals surface area contributed by atoms with Crippen molar-refractivity contribution in [2.24, 2.45) is 11.7 Å². The largest absolute Gasteiger partial charge is 0.459 e. The molecule has 1 amide bonds. The molecule has 0 unspecified atom stereocenters. The summed E-state index contributed by atoms with van der Waals surface area (Å²) in [5.41, 5.74) is 0.819. The number of carbonyl (C=O) groups is 6. The zero-order chi connectivity index (χ0) is 48.7. The first kappa shape index (κ1) is 54.0. The molecule has 9 atom stereocenters. The highest BCUT2D eigenvalue weighted by molar-refractivity contribution is 5.88. The summed E-state index contributed by atoms with van der Waals surface area (Å²) in [6.45, 7) is 11.3. The van der Waals surface area contributed by atoms with E-state index >= 15 is 0 Å². The molecule has 1 aliphatic heterocycles. The number of benzene rings is 1. The Labute approximate surface area is 390 Å². The van der Waals surface area contributed by atoms with E-state index < -0.39 is 89.4 Å². The van der Waals surface area contributed by atoms with Gasteiger partial charge in [0.05, 0.1) is 12.0 Å². The number of fused-ring (bicyclic) bond motifs is 3. The Hall–Kier alpha value is -4.60. The number of amides is 1. The van der Waals surface area contributed by atoms with E-state index in [1.165, 1.54) is 6.92 Å². The summed E-state index contributed by atoms with van der Waals surface area (Å²) < 4.78 is 30.0. The molecule has 1 saturated heterocycles. The van der Waals surface area contributed by atoms with Crippen molar-refractivity contribution in [1.82, 2.24) is 5.32 Å². The van der Waals surface area contributed by atoms with Crippen LogP contribution in [0.4, 0.5) is 0 Å². The summed E-state index contributed by atoms with van der Waals surface area (Å²) in [4.78, 5) is 79.3. The van der Waals surface area contributed by atoms with E-state index in [1.54, 1.807) is 33.8 Å². The molecule has 0 bridgehead atoms. The van der Waals surface area contributed by atoms with Crippen molar-refractivity contribution in [3.05, 3.63) is 58.7 Å². The van der Waals surface area contributed by atoms with Gasteiger partial charge in [-0.1, -0.05) is 114 Å². The molecule has 15 nitrogen and oxygen atoms in total. The third kappa shape index (κ3) is 13.5. The Morgan fingerprint density at radius 2 is 1.41 bits per heavy atom. The van der Waals surface area contributed by atoms with E-state index in [0.29, 0.717) is 25.8 Å². The molecule has 15 heteroatoms. The van der Waals surface area contributed by atoms with E-state index in [0.717, 1.165) is 89.5 Å². The fraction of sp³-hybridized carbons (Fsp3) is 0.686. The first-order valence-electron chi connectivity index (χ1n) is 24.2. The highest BCUT2D eigenvalue weighted by Crippen LogP contribution is 2.57. The molecular weight excluding hydrogens is 849 g/mol. The second-order valence-electron chi connectivity index (χ2n) is 18.8. The van der Waals surface area contributed by atoms with Crippen molar-refractivity contribution < 1.29 is 62.7 Å². The topological polar surface area (TPSA) is 227 Å². The van der Waals surface area contributed by atoms with Crippen molar-refractivity contribution in [2.45, 2.75) is 211 Å². The van der Waals surface area contributed by atoms with Crippen LogP contribution in [0.3, 0.4) is 0 Å². The van der Waals surface area contributed by atoms with E-state index in [9.17, 15) is 39.0 Å². The second-order valence-corrected chi connectivity index (χ2v) is 18.8. The number of unbranched alkanes of at least 4 members (excludes halogenated alkanes) is 12. The predicted octanol–water partition coefficient (Wildman–Crippen LogP) is 6.72. The molecule has 1 aromatic carbocycles. The molecular formula is C51H76N2O13. The average molecular weight is 925 g/mol. The Morgan fingerprint density at radius 1 is 0.848 bits per heavy atom. The number of allylic oxidation sites excluding steroid dienone is 1. The number of aliphatic hydroxyl groups is 2. The second kappa shape index (κ2) is 25.0. The molecule has 66 heavy (non-hydrogen) atoms. The van der Waals surface area contributed by atoms with Crippen molar-refractivity contribution in [2.75, 3.05) is 6.54 Å². The van der Waals surface area contributed by atoms with Crippen LogP contribution in [-0.2, 0) is 58.9 Å². The summed E-state index contributed by atoms with van der Waals surface area (Å²) in [7, 11) is 0. The molecule has 0 radical (unpaired) electrons. The van der Waals surface area contributed by atoms with Crippen molar-refractivity contribution in [1.29, 1.82) is 0 Å². The van der Waals surface area contributed by atoms with Gasteiger partial charge in [-0.2, -0.15) is 0 Å². The number of esters is 5. The number of rotatable bonds is 26. The summed E-state index contributed by atoms with van der Waals surface area (Å²) in [5.74, 6) is -5.23. The van der Waals surface area contributed by atoms with Crippen LogP contribution < -0.4 is 11.1 Å². The Kier molecular flexibility index (Phi) is 20.4. The Morgan fingerprint density at radius 3 is 1.98 bits per heavy atom. The molecule has 0 aromatic heterocycles. The van der Waals surface area contributed by atoms with Gasteiger partial charge in [0.2, 0.25) is 5.91 Å². The standard InChI is InChI=1S/C51H76N2O13/c1-8-10-11-17-23-29-40(56)63-44-42-41(34(4)43(44)64-47(58)33(3)9-2)45-51(61,50(7,60)48(59)65-45)38(32-49(42,6)66-35(5)54)62-39(55)28-24-18-15-13-12-14-16-19-25-30-53-46(57)37(52)31-36-26-21-20-22-27-36/h9,20-22,26-27,37-38,42-45,60-61H,8,10-19,23-25,28-32,52H2,1-7H3,(H,53,57)/b33-9-/t37-,38-,42+,43-,44-,45-,49-,50+,51+/m0/s1. The zero-order valence-electron chi connectivity index (χ0n) is 40.3. The molecule has 1 aromatic rings. The van der Waals surface area contributed by atoms with Crippen LogP contribution in [0.1, 0.15) is 163 Å². The first-order chi connectivity index (χ1) is 31.3. The van der Waals surface area contributed by atoms with Gasteiger partial charge < -0.3 is 44.9 Å². The van der Waals surface area contributed by atoms with Crippen LogP contribution in [0.25, 0.3) is 0 Å². The van der Waals surface area contributed by atoms with E-state index in [2.05, 4.69) is 12.2 Å². The Balaban J connectivity index is 1.40. The quantitative estimate of drug-likeness (QED) is 0.0249. The molecule has 368 valence electrons. The number of hydrogen-bond donors (Lipinski definition) is 4. The number of nitrogens with two attached hydrogens (primary N) is 1. The minimum absolute atomic E-state index is 0.0227. The van der Waals surface area contributed by atoms with Gasteiger partial charge in [0.25, 0.3) is 0 Å². The van der Waals surface area contributed by atoms with Gasteiger partial charge in [-0.15, -0.1) is 0 Å². The highest BCUT2D eigenvalue weighted by atomic mass is 16.6. The number of ether oxygens (including phenoxy) is 5. The van der Waals surface area contributed by atoms with Crippen LogP contribution in [0, 0.1) is 5.92 Å². The van der Waals surface area contributed by atoms with Gasteiger partial charge in [0, 0.05) is 38.3 Å². The minimum atomic E-state index is -2.62. The van der Waals surface area contributed by atoms with Crippen molar-refractivity contribution in [3.63, 3.8) is 0 Å². The van der Waals surface area contributed by atoms with Gasteiger partial charge >= 0.3 is 29.8 Å². The summed E-state index contributed by atoms with van der Waals surface area (Å²) in [6.07, 6.45) is 8.13. The summed E-state index contributed by atoms with van der Waals surface area (Å²) in [6, 6.07) is 9.11. The van der Waals surface area contributed by atoms with Crippen LogP contribution in [0.2, 0.25) is 0 Å². The monoisotopic (exact) mass is 925 g/mol. The van der Waals surface area contributed by atoms with E-state index in [4.69, 9.17) is 29.4 Å². The molecule has 2 fully saturated rings. The number of hydrogen-bond acceptors (Lipinski definition) is 14.